The van der Waals surface area contributed by atoms with Crippen molar-refractivity contribution in [1.82, 2.24) is 25.1 Å². The number of anilines is 1. The van der Waals surface area contributed by atoms with Crippen LogP contribution in [-0.2, 0) is 4.79 Å². The predicted molar refractivity (Wildman–Crippen MR) is 144 cm³/mol. The number of nitrogens with two attached hydrogens (primary N) is 1. The summed E-state index contributed by atoms with van der Waals surface area (Å²) in [6.45, 7) is 2.03. The van der Waals surface area contributed by atoms with Gasteiger partial charge in [-0.05, 0) is 56.3 Å². The van der Waals surface area contributed by atoms with E-state index in [0.717, 1.165) is 48.3 Å². The molecule has 2 aromatic carbocycles. The highest BCUT2D eigenvalue weighted by Crippen LogP contribution is 2.33. The van der Waals surface area contributed by atoms with Crippen molar-refractivity contribution >= 4 is 22.9 Å². The van der Waals surface area contributed by atoms with Crippen LogP contribution in [0, 0.1) is 0 Å². The van der Waals surface area contributed by atoms with Crippen LogP contribution in [0.3, 0.4) is 0 Å². The van der Waals surface area contributed by atoms with Gasteiger partial charge in [0.2, 0.25) is 5.89 Å². The van der Waals surface area contributed by atoms with Gasteiger partial charge in [-0.1, -0.05) is 18.2 Å². The second-order valence-corrected chi connectivity index (χ2v) is 9.21. The quantitative estimate of drug-likeness (QED) is 0.245. The Morgan fingerprint density at radius 3 is 2.49 bits per heavy atom. The highest BCUT2D eigenvalue weighted by molar-refractivity contribution is 5.81. The number of aliphatic carboxylic acids is 1. The summed E-state index contributed by atoms with van der Waals surface area (Å²) in [5.41, 5.74) is 10.1. The molecule has 1 fully saturated rings. The first-order valence-electron chi connectivity index (χ1n) is 12.6. The van der Waals surface area contributed by atoms with Crippen LogP contribution in [-0.4, -0.2) is 50.1 Å². The van der Waals surface area contributed by atoms with E-state index in [1.807, 2.05) is 60.8 Å². The number of ether oxygens (including phenoxy) is 1. The lowest BCUT2D eigenvalue weighted by Gasteiger charge is -2.22. The molecule has 13 heteroatoms. The molecule has 1 saturated heterocycles. The van der Waals surface area contributed by atoms with Gasteiger partial charge in [0.05, 0.1) is 17.8 Å². The molecule has 212 valence electrons. The number of nitrogens with zero attached hydrogens (tertiary/aromatic N) is 4. The van der Waals surface area contributed by atoms with Gasteiger partial charge in [0.25, 0.3) is 0 Å². The first kappa shape index (κ1) is 27.6. The molecule has 0 aliphatic carbocycles. The van der Waals surface area contributed by atoms with E-state index in [-0.39, 0.29) is 0 Å². The van der Waals surface area contributed by atoms with Crippen LogP contribution in [0.5, 0.6) is 11.5 Å². The minimum absolute atomic E-state index is 0.363. The van der Waals surface area contributed by atoms with Gasteiger partial charge < -0.3 is 25.3 Å². The normalized spacial score (nSPS) is 13.9. The molecule has 41 heavy (non-hydrogen) atoms. The van der Waals surface area contributed by atoms with Crippen molar-refractivity contribution in [2.24, 2.45) is 0 Å². The van der Waals surface area contributed by atoms with Crippen molar-refractivity contribution < 1.29 is 32.2 Å². The van der Waals surface area contributed by atoms with E-state index in [4.69, 9.17) is 24.8 Å². The molecule has 0 amide bonds. The van der Waals surface area contributed by atoms with Gasteiger partial charge in [-0.25, -0.2) is 14.8 Å². The number of para-hydroxylation sites is 1. The van der Waals surface area contributed by atoms with E-state index in [1.165, 1.54) is 0 Å². The summed E-state index contributed by atoms with van der Waals surface area (Å²) in [5, 5.41) is 15.1. The number of halogens is 3. The molecule has 1 aliphatic heterocycles. The lowest BCUT2D eigenvalue weighted by atomic mass is 10.1. The van der Waals surface area contributed by atoms with E-state index < -0.39 is 12.1 Å². The summed E-state index contributed by atoms with van der Waals surface area (Å²) >= 11 is 0. The largest absolute Gasteiger partial charge is 0.490 e. The minimum Gasteiger partial charge on any atom is -0.475 e. The molecular formula is C28H25F3N6O4. The summed E-state index contributed by atoms with van der Waals surface area (Å²) in [7, 11) is 0. The number of hydrogen-bond donors (Lipinski definition) is 3. The topological polar surface area (TPSA) is 141 Å². The number of aromatic nitrogens is 4. The SMILES string of the molecule is Nc1ncc(-c2cnn(C3CCNCC3)c2)cc1-c1nc2ccc(Oc3ccccc3)cc2o1.O=C(O)C(F)(F)F. The summed E-state index contributed by atoms with van der Waals surface area (Å²) in [5.74, 6) is -0.543. The van der Waals surface area contributed by atoms with E-state index in [9.17, 15) is 13.2 Å². The molecule has 0 unspecified atom stereocenters. The number of oxazole rings is 1. The van der Waals surface area contributed by atoms with Crippen LogP contribution in [0.4, 0.5) is 19.0 Å². The number of carbonyl (C=O) groups is 1. The van der Waals surface area contributed by atoms with Crippen molar-refractivity contribution in [2.75, 3.05) is 18.8 Å². The average Bonchev–Trinajstić information content (AvgIpc) is 3.62. The number of carboxylic acids is 1. The maximum absolute atomic E-state index is 10.6. The zero-order valence-electron chi connectivity index (χ0n) is 21.5. The summed E-state index contributed by atoms with van der Waals surface area (Å²) in [6, 6.07) is 17.6. The monoisotopic (exact) mass is 566 g/mol. The molecule has 10 nitrogen and oxygen atoms in total. The van der Waals surface area contributed by atoms with Crippen molar-refractivity contribution in [3.8, 4) is 34.1 Å². The van der Waals surface area contributed by atoms with E-state index in [0.29, 0.717) is 34.6 Å². The van der Waals surface area contributed by atoms with Crippen molar-refractivity contribution in [3.63, 3.8) is 0 Å². The van der Waals surface area contributed by atoms with Gasteiger partial charge in [0, 0.05) is 29.6 Å². The third-order valence-corrected chi connectivity index (χ3v) is 6.35. The summed E-state index contributed by atoms with van der Waals surface area (Å²) in [6.07, 6.45) is 2.78. The van der Waals surface area contributed by atoms with E-state index in [1.54, 1.807) is 6.20 Å². The number of alkyl halides is 3. The molecule has 6 rings (SSSR count). The Morgan fingerprint density at radius 1 is 1.05 bits per heavy atom. The number of rotatable bonds is 5. The Balaban J connectivity index is 0.000000431. The van der Waals surface area contributed by atoms with Gasteiger partial charge in [0.15, 0.2) is 5.58 Å². The Hall–Kier alpha value is -4.91. The van der Waals surface area contributed by atoms with Gasteiger partial charge in [-0.15, -0.1) is 0 Å². The van der Waals surface area contributed by atoms with Gasteiger partial charge >= 0.3 is 12.1 Å². The standard InChI is InChI=1S/C26H24N6O2.C2HF3O2/c27-25-22(12-17(14-29-25)18-15-30-32(16-18)19-8-10-28-11-9-19)26-31-23-7-6-21(13-24(23)34-26)33-20-4-2-1-3-5-20;3-2(4,5)1(6)7/h1-7,12-16,19,28H,8-11H2,(H2,27,29);(H,6,7). The molecule has 0 spiro atoms. The Labute approximate surface area is 231 Å². The second-order valence-electron chi connectivity index (χ2n) is 9.21. The fraction of sp³-hybridized carbons (Fsp3) is 0.214. The minimum atomic E-state index is -5.08. The van der Waals surface area contributed by atoms with Crippen LogP contribution in [0.25, 0.3) is 33.7 Å². The zero-order chi connectivity index (χ0) is 29.0. The highest BCUT2D eigenvalue weighted by Gasteiger charge is 2.38. The number of carboxylic acid groups (broad SMARTS) is 1. The van der Waals surface area contributed by atoms with Crippen LogP contribution in [0.1, 0.15) is 18.9 Å². The highest BCUT2D eigenvalue weighted by atomic mass is 19.4. The van der Waals surface area contributed by atoms with Crippen LogP contribution < -0.4 is 15.8 Å². The molecule has 4 heterocycles. The van der Waals surface area contributed by atoms with Crippen molar-refractivity contribution in [3.05, 3.63) is 73.2 Å². The molecule has 3 aromatic heterocycles. The lowest BCUT2D eigenvalue weighted by Crippen LogP contribution is -2.29. The fourth-order valence-corrected chi connectivity index (χ4v) is 4.27. The summed E-state index contributed by atoms with van der Waals surface area (Å²) in [4.78, 5) is 17.9. The van der Waals surface area contributed by atoms with Crippen molar-refractivity contribution in [1.29, 1.82) is 0 Å². The molecule has 0 radical (unpaired) electrons. The van der Waals surface area contributed by atoms with Gasteiger partial charge in [0.1, 0.15) is 22.8 Å². The van der Waals surface area contributed by atoms with Gasteiger partial charge in [-0.2, -0.15) is 18.3 Å². The number of piperidine rings is 1. The number of nitrogens with one attached hydrogen (secondary N) is 1. The number of pyridine rings is 1. The molecule has 4 N–H and O–H groups in total. The van der Waals surface area contributed by atoms with E-state index >= 15 is 0 Å². The smallest absolute Gasteiger partial charge is 0.475 e. The maximum Gasteiger partial charge on any atom is 0.490 e. The number of fused-ring (bicyclic) bond motifs is 1. The lowest BCUT2D eigenvalue weighted by molar-refractivity contribution is -0.192. The summed E-state index contributed by atoms with van der Waals surface area (Å²) < 4.78 is 45.8. The molecule has 0 atom stereocenters. The van der Waals surface area contributed by atoms with Crippen molar-refractivity contribution in [2.45, 2.75) is 25.1 Å². The third-order valence-electron chi connectivity index (χ3n) is 6.35. The molecule has 5 aromatic rings. The molecule has 1 aliphatic rings. The molecule has 0 saturated carbocycles. The Bertz CT molecular complexity index is 1650. The number of hydrogen-bond acceptors (Lipinski definition) is 8. The average molecular weight is 567 g/mol. The second kappa shape index (κ2) is 11.7. The zero-order valence-corrected chi connectivity index (χ0v) is 21.5. The van der Waals surface area contributed by atoms with E-state index in [2.05, 4.69) is 31.3 Å². The molecule has 0 bridgehead atoms. The Kier molecular flexibility index (Phi) is 7.88. The number of benzene rings is 2. The Morgan fingerprint density at radius 2 is 1.78 bits per heavy atom. The number of nitrogen functional groups attached to an aromatic ring is 1. The maximum atomic E-state index is 10.6. The van der Waals surface area contributed by atoms with Gasteiger partial charge in [-0.3, -0.25) is 4.68 Å². The molecular weight excluding hydrogens is 541 g/mol. The first-order valence-corrected chi connectivity index (χ1v) is 12.6. The third kappa shape index (κ3) is 6.64. The van der Waals surface area contributed by atoms with Crippen LogP contribution in [0.2, 0.25) is 0 Å². The van der Waals surface area contributed by atoms with Crippen LogP contribution >= 0.6 is 0 Å². The van der Waals surface area contributed by atoms with Crippen LogP contribution in [0.15, 0.2) is 77.6 Å². The predicted octanol–water partition coefficient (Wildman–Crippen LogP) is 5.69. The first-order chi connectivity index (χ1) is 19.7. The fourth-order valence-electron chi connectivity index (χ4n) is 4.27.